The van der Waals surface area contributed by atoms with Crippen LogP contribution >= 0.6 is 0 Å². The summed E-state index contributed by atoms with van der Waals surface area (Å²) in [5, 5.41) is 35.3. The lowest BCUT2D eigenvalue weighted by Crippen LogP contribution is -2.60. The van der Waals surface area contributed by atoms with Gasteiger partial charge in [0.1, 0.15) is 18.1 Å². The first kappa shape index (κ1) is 30.5. The number of nitrogens with one attached hydrogen (secondary N) is 4. The minimum Gasteiger partial charge on any atom is -0.481 e. The molecule has 0 aliphatic carbocycles. The Morgan fingerprint density at radius 3 is 2.19 bits per heavy atom. The van der Waals surface area contributed by atoms with Crippen LogP contribution in [0.2, 0.25) is 0 Å². The molecule has 0 aromatic carbocycles. The highest BCUT2D eigenvalue weighted by Crippen LogP contribution is 2.06. The molecule has 0 fully saturated rings. The van der Waals surface area contributed by atoms with E-state index in [0.717, 1.165) is 0 Å². The van der Waals surface area contributed by atoms with E-state index < -0.39 is 66.4 Å². The predicted molar refractivity (Wildman–Crippen MR) is 125 cm³/mol. The summed E-state index contributed by atoms with van der Waals surface area (Å²) in [6, 6.07) is -5.33. The molecule has 1 aromatic rings. The standard InChI is InChI=1S/C21H35N7O8/c1-11(29)17(20(34)27-15(21(35)36)4-2-3-7-22)28-19(33)14(5-6-16(30)31)26-18(32)13(23)8-12-9-24-10-25-12/h9-11,13-15,17,29H,2-8,22-23H2,1H3,(H,24,25)(H,26,32)(H,27,34)(H,28,33)(H,30,31)(H,35,36). The molecule has 0 saturated carbocycles. The minimum absolute atomic E-state index is 0.0680. The second-order valence-electron chi connectivity index (χ2n) is 8.29. The molecule has 1 rings (SSSR count). The van der Waals surface area contributed by atoms with Crippen LogP contribution in [0.5, 0.6) is 0 Å². The van der Waals surface area contributed by atoms with Gasteiger partial charge in [-0.1, -0.05) is 0 Å². The summed E-state index contributed by atoms with van der Waals surface area (Å²) in [5.74, 6) is -5.18. The highest BCUT2D eigenvalue weighted by Gasteiger charge is 2.32. The van der Waals surface area contributed by atoms with E-state index in [2.05, 4.69) is 25.9 Å². The fourth-order valence-electron chi connectivity index (χ4n) is 3.21. The molecule has 0 aliphatic heterocycles. The third kappa shape index (κ3) is 10.8. The molecule has 0 aliphatic rings. The van der Waals surface area contributed by atoms with Crippen LogP contribution in [-0.2, 0) is 30.4 Å². The van der Waals surface area contributed by atoms with Crippen molar-refractivity contribution in [2.75, 3.05) is 6.54 Å². The summed E-state index contributed by atoms with van der Waals surface area (Å²) in [5.41, 5.74) is 11.8. The van der Waals surface area contributed by atoms with Gasteiger partial charge in [-0.15, -0.1) is 0 Å². The number of aliphatic hydroxyl groups is 1. The van der Waals surface area contributed by atoms with E-state index in [-0.39, 0.29) is 19.3 Å². The maximum Gasteiger partial charge on any atom is 0.326 e. The number of rotatable bonds is 17. The molecule has 0 bridgehead atoms. The average Bonchev–Trinajstić information content (AvgIpc) is 3.31. The molecule has 11 N–H and O–H groups in total. The highest BCUT2D eigenvalue weighted by atomic mass is 16.4. The largest absolute Gasteiger partial charge is 0.481 e. The van der Waals surface area contributed by atoms with Crippen LogP contribution in [0.15, 0.2) is 12.5 Å². The predicted octanol–water partition coefficient (Wildman–Crippen LogP) is -2.81. The Bertz CT molecular complexity index is 878. The average molecular weight is 514 g/mol. The zero-order chi connectivity index (χ0) is 27.3. The molecule has 15 heteroatoms. The second-order valence-corrected chi connectivity index (χ2v) is 8.29. The lowest BCUT2D eigenvalue weighted by molar-refractivity contribution is -0.143. The minimum atomic E-state index is -1.57. The van der Waals surface area contributed by atoms with Crippen molar-refractivity contribution in [2.45, 2.75) is 75.7 Å². The molecule has 5 unspecified atom stereocenters. The van der Waals surface area contributed by atoms with Gasteiger partial charge in [-0.2, -0.15) is 0 Å². The molecular weight excluding hydrogens is 478 g/mol. The van der Waals surface area contributed by atoms with E-state index in [4.69, 9.17) is 16.6 Å². The summed E-state index contributed by atoms with van der Waals surface area (Å²) >= 11 is 0. The number of hydrogen-bond acceptors (Lipinski definition) is 9. The van der Waals surface area contributed by atoms with Crippen molar-refractivity contribution in [3.8, 4) is 0 Å². The number of carbonyl (C=O) groups is 5. The van der Waals surface area contributed by atoms with E-state index >= 15 is 0 Å². The number of amides is 3. The number of aromatic nitrogens is 2. The fourth-order valence-corrected chi connectivity index (χ4v) is 3.21. The number of aliphatic hydroxyl groups excluding tert-OH is 1. The molecule has 0 spiro atoms. The Kier molecular flexibility index (Phi) is 13.1. The first-order valence-corrected chi connectivity index (χ1v) is 11.4. The summed E-state index contributed by atoms with van der Waals surface area (Å²) in [7, 11) is 0. The van der Waals surface area contributed by atoms with Crippen molar-refractivity contribution in [2.24, 2.45) is 11.5 Å². The molecule has 36 heavy (non-hydrogen) atoms. The van der Waals surface area contributed by atoms with Crippen molar-refractivity contribution < 1.29 is 39.3 Å². The van der Waals surface area contributed by atoms with E-state index in [1.807, 2.05) is 0 Å². The summed E-state index contributed by atoms with van der Waals surface area (Å²) in [6.45, 7) is 1.56. The number of nitrogens with two attached hydrogens (primary N) is 2. The van der Waals surface area contributed by atoms with Crippen LogP contribution in [0.25, 0.3) is 0 Å². The molecule has 15 nitrogen and oxygen atoms in total. The zero-order valence-electron chi connectivity index (χ0n) is 20.0. The number of carboxylic acids is 2. The number of nitrogens with zero attached hydrogens (tertiary/aromatic N) is 1. The number of unbranched alkanes of at least 4 members (excludes halogenated alkanes) is 1. The summed E-state index contributed by atoms with van der Waals surface area (Å²) in [6.07, 6.45) is 1.75. The monoisotopic (exact) mass is 513 g/mol. The van der Waals surface area contributed by atoms with E-state index in [9.17, 15) is 34.2 Å². The van der Waals surface area contributed by atoms with Crippen LogP contribution in [0, 0.1) is 0 Å². The van der Waals surface area contributed by atoms with Gasteiger partial charge in [0, 0.05) is 24.7 Å². The van der Waals surface area contributed by atoms with Gasteiger partial charge in [0.25, 0.3) is 0 Å². The molecule has 0 radical (unpaired) electrons. The fraction of sp³-hybridized carbons (Fsp3) is 0.619. The lowest BCUT2D eigenvalue weighted by atomic mass is 10.1. The van der Waals surface area contributed by atoms with E-state index in [0.29, 0.717) is 25.1 Å². The van der Waals surface area contributed by atoms with Gasteiger partial charge in [-0.05, 0) is 39.2 Å². The Labute approximate surface area is 207 Å². The quantitative estimate of drug-likeness (QED) is 0.0960. The van der Waals surface area contributed by atoms with E-state index in [1.165, 1.54) is 19.4 Å². The first-order chi connectivity index (χ1) is 17.0. The third-order valence-electron chi connectivity index (χ3n) is 5.24. The van der Waals surface area contributed by atoms with Crippen LogP contribution < -0.4 is 27.4 Å². The second kappa shape index (κ2) is 15.4. The molecule has 3 amide bonds. The normalized spacial score (nSPS) is 15.1. The van der Waals surface area contributed by atoms with Crippen molar-refractivity contribution >= 4 is 29.7 Å². The number of imidazole rings is 1. The van der Waals surface area contributed by atoms with Crippen LogP contribution in [0.1, 0.15) is 44.7 Å². The maximum atomic E-state index is 12.9. The molecule has 202 valence electrons. The molecule has 0 saturated heterocycles. The Morgan fingerprint density at radius 2 is 1.67 bits per heavy atom. The molecule has 1 aromatic heterocycles. The van der Waals surface area contributed by atoms with Crippen molar-refractivity contribution in [3.63, 3.8) is 0 Å². The Hall–Kier alpha value is -3.56. The number of H-pyrrole nitrogens is 1. The van der Waals surface area contributed by atoms with Crippen LogP contribution in [0.3, 0.4) is 0 Å². The zero-order valence-corrected chi connectivity index (χ0v) is 20.0. The molecule has 5 atom stereocenters. The number of carboxylic acid groups (broad SMARTS) is 2. The van der Waals surface area contributed by atoms with Gasteiger partial charge in [0.15, 0.2) is 0 Å². The van der Waals surface area contributed by atoms with E-state index in [1.54, 1.807) is 0 Å². The highest BCUT2D eigenvalue weighted by molar-refractivity contribution is 5.94. The maximum absolute atomic E-state index is 12.9. The summed E-state index contributed by atoms with van der Waals surface area (Å²) in [4.78, 5) is 67.2. The smallest absolute Gasteiger partial charge is 0.326 e. The van der Waals surface area contributed by atoms with Gasteiger partial charge < -0.3 is 47.7 Å². The number of aromatic amines is 1. The summed E-state index contributed by atoms with van der Waals surface area (Å²) < 4.78 is 0. The van der Waals surface area contributed by atoms with Gasteiger partial charge >= 0.3 is 11.9 Å². The SMILES string of the molecule is CC(O)C(NC(=O)C(CCC(=O)O)NC(=O)C(N)Cc1cnc[nH]1)C(=O)NC(CCCCN)C(=O)O. The third-order valence-corrected chi connectivity index (χ3v) is 5.24. The Morgan fingerprint density at radius 1 is 1.00 bits per heavy atom. The van der Waals surface area contributed by atoms with Gasteiger partial charge in [-0.25, -0.2) is 9.78 Å². The molecular formula is C21H35N7O8. The topological polar surface area (TPSA) is 263 Å². The van der Waals surface area contributed by atoms with Gasteiger partial charge in [0.2, 0.25) is 17.7 Å². The number of hydrogen-bond donors (Lipinski definition) is 9. The lowest BCUT2D eigenvalue weighted by Gasteiger charge is -2.26. The number of aliphatic carboxylic acids is 2. The van der Waals surface area contributed by atoms with Crippen molar-refractivity contribution in [3.05, 3.63) is 18.2 Å². The van der Waals surface area contributed by atoms with Crippen LogP contribution in [0.4, 0.5) is 0 Å². The molecule has 1 heterocycles. The van der Waals surface area contributed by atoms with Crippen LogP contribution in [-0.4, -0.2) is 91.8 Å². The van der Waals surface area contributed by atoms with Crippen molar-refractivity contribution in [1.82, 2.24) is 25.9 Å². The van der Waals surface area contributed by atoms with Crippen molar-refractivity contribution in [1.29, 1.82) is 0 Å². The Balaban J connectivity index is 2.91. The van der Waals surface area contributed by atoms with Gasteiger partial charge in [0.05, 0.1) is 18.5 Å². The number of carbonyl (C=O) groups excluding carboxylic acids is 3. The first-order valence-electron chi connectivity index (χ1n) is 11.4. The van der Waals surface area contributed by atoms with Gasteiger partial charge in [-0.3, -0.25) is 19.2 Å².